The molecule has 4 heteroatoms. The fourth-order valence-electron chi connectivity index (χ4n) is 3.95. The Kier molecular flexibility index (Phi) is 6.39. The summed E-state index contributed by atoms with van der Waals surface area (Å²) >= 11 is 6.19. The Morgan fingerprint density at radius 3 is 2.68 bits per heavy atom. The normalized spacial score (nSPS) is 12.2. The van der Waals surface area contributed by atoms with Gasteiger partial charge in [-0.3, -0.25) is 4.98 Å². The van der Waals surface area contributed by atoms with E-state index in [-0.39, 0.29) is 12.4 Å². The molecule has 142 valence electrons. The van der Waals surface area contributed by atoms with Gasteiger partial charge in [-0.2, -0.15) is 5.26 Å². The summed E-state index contributed by atoms with van der Waals surface area (Å²) in [6.07, 6.45) is 4.70. The van der Waals surface area contributed by atoms with Gasteiger partial charge in [0.2, 0.25) is 0 Å². The molecule has 0 atom stereocenters. The quantitative estimate of drug-likeness (QED) is 0.509. The molecule has 2 nitrogen and oxygen atoms in total. The molecule has 1 aliphatic carbocycles. The predicted octanol–water partition coefficient (Wildman–Crippen LogP) is 6.28. The van der Waals surface area contributed by atoms with E-state index in [9.17, 15) is 0 Å². The SMILES string of the molecule is Cc1cc(Cc2cc(-c3cccc(Cl)c3)nc3c2CCC3)ccc1CC#N.Cl. The van der Waals surface area contributed by atoms with Crippen LogP contribution in [0.2, 0.25) is 5.02 Å². The summed E-state index contributed by atoms with van der Waals surface area (Å²) in [6.45, 7) is 2.09. The zero-order valence-electron chi connectivity index (χ0n) is 15.8. The van der Waals surface area contributed by atoms with Gasteiger partial charge in [0.05, 0.1) is 18.2 Å². The fraction of sp³-hybridized carbons (Fsp3) is 0.250. The number of hydrogen-bond donors (Lipinski definition) is 0. The van der Waals surface area contributed by atoms with Crippen molar-refractivity contribution in [2.24, 2.45) is 0 Å². The third kappa shape index (κ3) is 4.22. The molecule has 0 aliphatic heterocycles. The maximum absolute atomic E-state index is 8.95. The number of nitriles is 1. The van der Waals surface area contributed by atoms with Gasteiger partial charge in [0, 0.05) is 16.3 Å². The van der Waals surface area contributed by atoms with Crippen LogP contribution in [0.3, 0.4) is 0 Å². The Hall–Kier alpha value is -2.34. The summed E-state index contributed by atoms with van der Waals surface area (Å²) in [5, 5.41) is 9.68. The third-order valence-electron chi connectivity index (χ3n) is 5.33. The standard InChI is InChI=1S/C24H21ClN2.ClH/c1-16-12-17(8-9-18(16)10-11-26)13-20-15-24(19-4-2-5-21(25)14-19)27-23-7-3-6-22(20)23;/h2,4-5,8-9,12,14-15H,3,6-7,10,13H2,1H3;1H. The zero-order chi connectivity index (χ0) is 18.8. The molecule has 0 saturated carbocycles. The second kappa shape index (κ2) is 8.78. The molecule has 0 unspecified atom stereocenters. The lowest BCUT2D eigenvalue weighted by Gasteiger charge is -2.13. The van der Waals surface area contributed by atoms with Crippen molar-refractivity contribution in [3.63, 3.8) is 0 Å². The van der Waals surface area contributed by atoms with Crippen molar-refractivity contribution < 1.29 is 0 Å². The fourth-order valence-corrected chi connectivity index (χ4v) is 4.14. The monoisotopic (exact) mass is 408 g/mol. The summed E-state index contributed by atoms with van der Waals surface area (Å²) in [7, 11) is 0. The van der Waals surface area contributed by atoms with Crippen LogP contribution in [0.25, 0.3) is 11.3 Å². The third-order valence-corrected chi connectivity index (χ3v) is 5.57. The average molecular weight is 409 g/mol. The van der Waals surface area contributed by atoms with Crippen molar-refractivity contribution in [1.29, 1.82) is 5.26 Å². The van der Waals surface area contributed by atoms with Crippen LogP contribution in [-0.2, 0) is 25.7 Å². The highest BCUT2D eigenvalue weighted by Crippen LogP contribution is 2.31. The molecule has 0 radical (unpaired) electrons. The predicted molar refractivity (Wildman–Crippen MR) is 117 cm³/mol. The minimum Gasteiger partial charge on any atom is -0.253 e. The first-order valence-corrected chi connectivity index (χ1v) is 9.75. The Morgan fingerprint density at radius 1 is 1.07 bits per heavy atom. The highest BCUT2D eigenvalue weighted by atomic mass is 35.5. The van der Waals surface area contributed by atoms with Gasteiger partial charge in [0.1, 0.15) is 0 Å². The Balaban J connectivity index is 0.00000225. The van der Waals surface area contributed by atoms with Gasteiger partial charge in [-0.05, 0) is 78.6 Å². The number of aryl methyl sites for hydroxylation is 2. The lowest BCUT2D eigenvalue weighted by Crippen LogP contribution is -2.01. The molecular formula is C24H22Cl2N2. The first-order valence-electron chi connectivity index (χ1n) is 9.37. The van der Waals surface area contributed by atoms with Gasteiger partial charge in [0.25, 0.3) is 0 Å². The number of halogens is 2. The number of hydrogen-bond acceptors (Lipinski definition) is 2. The molecular weight excluding hydrogens is 387 g/mol. The zero-order valence-corrected chi connectivity index (χ0v) is 17.4. The molecule has 1 aromatic heterocycles. The van der Waals surface area contributed by atoms with Crippen molar-refractivity contribution >= 4 is 24.0 Å². The van der Waals surface area contributed by atoms with Crippen molar-refractivity contribution in [3.05, 3.63) is 87.1 Å². The minimum absolute atomic E-state index is 0. The van der Waals surface area contributed by atoms with E-state index in [1.54, 1.807) is 0 Å². The van der Waals surface area contributed by atoms with Gasteiger partial charge in [-0.25, -0.2) is 0 Å². The topological polar surface area (TPSA) is 36.7 Å². The van der Waals surface area contributed by atoms with Crippen LogP contribution in [0.1, 0.15) is 39.9 Å². The van der Waals surface area contributed by atoms with Crippen molar-refractivity contribution in [2.75, 3.05) is 0 Å². The van der Waals surface area contributed by atoms with Crippen LogP contribution in [0.5, 0.6) is 0 Å². The van der Waals surface area contributed by atoms with Gasteiger partial charge in [-0.1, -0.05) is 41.9 Å². The van der Waals surface area contributed by atoms with E-state index >= 15 is 0 Å². The molecule has 0 spiro atoms. The van der Waals surface area contributed by atoms with Gasteiger partial charge >= 0.3 is 0 Å². The van der Waals surface area contributed by atoms with Gasteiger partial charge in [0.15, 0.2) is 0 Å². The summed E-state index contributed by atoms with van der Waals surface area (Å²) < 4.78 is 0. The van der Waals surface area contributed by atoms with E-state index in [1.807, 2.05) is 18.2 Å². The highest BCUT2D eigenvalue weighted by Gasteiger charge is 2.19. The van der Waals surface area contributed by atoms with E-state index in [1.165, 1.54) is 34.4 Å². The van der Waals surface area contributed by atoms with Gasteiger partial charge in [-0.15, -0.1) is 12.4 Å². The first-order chi connectivity index (χ1) is 13.1. The van der Waals surface area contributed by atoms with Crippen LogP contribution in [0.4, 0.5) is 0 Å². The molecule has 0 saturated heterocycles. The van der Waals surface area contributed by atoms with E-state index < -0.39 is 0 Å². The second-order valence-corrected chi connectivity index (χ2v) is 7.66. The Labute approximate surface area is 177 Å². The Bertz CT molecular complexity index is 1050. The number of pyridine rings is 1. The molecule has 3 aromatic rings. The molecule has 4 rings (SSSR count). The number of aromatic nitrogens is 1. The molecule has 0 fully saturated rings. The number of nitrogens with zero attached hydrogens (tertiary/aromatic N) is 2. The van der Waals surface area contributed by atoms with Crippen LogP contribution in [0.15, 0.2) is 48.5 Å². The Morgan fingerprint density at radius 2 is 1.93 bits per heavy atom. The smallest absolute Gasteiger partial charge is 0.0708 e. The lowest BCUT2D eigenvalue weighted by molar-refractivity contribution is 0.897. The van der Waals surface area contributed by atoms with Crippen LogP contribution < -0.4 is 0 Å². The molecule has 0 bridgehead atoms. The second-order valence-electron chi connectivity index (χ2n) is 7.23. The maximum Gasteiger partial charge on any atom is 0.0708 e. The van der Waals surface area contributed by atoms with E-state index in [0.29, 0.717) is 6.42 Å². The summed E-state index contributed by atoms with van der Waals surface area (Å²) in [5.41, 5.74) is 9.67. The first kappa shape index (κ1) is 20.4. The molecule has 2 aromatic carbocycles. The van der Waals surface area contributed by atoms with Crippen molar-refractivity contribution in [2.45, 2.75) is 39.0 Å². The molecule has 1 aliphatic rings. The number of fused-ring (bicyclic) bond motifs is 1. The van der Waals surface area contributed by atoms with Crippen molar-refractivity contribution in [3.8, 4) is 17.3 Å². The molecule has 0 amide bonds. The van der Waals surface area contributed by atoms with Crippen LogP contribution in [-0.4, -0.2) is 4.98 Å². The van der Waals surface area contributed by atoms with Crippen LogP contribution >= 0.6 is 24.0 Å². The average Bonchev–Trinajstić information content (AvgIpc) is 3.13. The maximum atomic E-state index is 8.95. The van der Waals surface area contributed by atoms with Gasteiger partial charge < -0.3 is 0 Å². The van der Waals surface area contributed by atoms with Crippen molar-refractivity contribution in [1.82, 2.24) is 4.98 Å². The highest BCUT2D eigenvalue weighted by molar-refractivity contribution is 6.30. The summed E-state index contributed by atoms with van der Waals surface area (Å²) in [4.78, 5) is 4.93. The summed E-state index contributed by atoms with van der Waals surface area (Å²) in [5.74, 6) is 0. The van der Waals surface area contributed by atoms with E-state index in [4.69, 9.17) is 21.8 Å². The molecule has 1 heterocycles. The van der Waals surface area contributed by atoms with Crippen LogP contribution in [0, 0.1) is 18.3 Å². The van der Waals surface area contributed by atoms with E-state index in [0.717, 1.165) is 41.1 Å². The molecule has 28 heavy (non-hydrogen) atoms. The lowest BCUT2D eigenvalue weighted by atomic mass is 9.95. The number of benzene rings is 2. The largest absolute Gasteiger partial charge is 0.253 e. The van der Waals surface area contributed by atoms with E-state index in [2.05, 4.69) is 43.3 Å². The molecule has 0 N–H and O–H groups in total. The number of rotatable bonds is 4. The summed E-state index contributed by atoms with van der Waals surface area (Å²) in [6, 6.07) is 18.9. The minimum atomic E-state index is 0.